The van der Waals surface area contributed by atoms with Gasteiger partial charge in [-0.1, -0.05) is 0 Å². The smallest absolute Gasteiger partial charge is 0.261 e. The molecule has 1 N–H and O–H groups in total. The lowest BCUT2D eigenvalue weighted by molar-refractivity contribution is 0.355. The van der Waals surface area contributed by atoms with Crippen molar-refractivity contribution < 1.29 is 22.4 Å². The minimum Gasteiger partial charge on any atom is -0.493 e. The summed E-state index contributed by atoms with van der Waals surface area (Å²) >= 11 is 0. The quantitative estimate of drug-likeness (QED) is 0.524. The number of rotatable bonds is 5. The number of aromatic nitrogens is 3. The third-order valence-corrected chi connectivity index (χ3v) is 6.33. The van der Waals surface area contributed by atoms with Gasteiger partial charge < -0.3 is 23.8 Å². The molecule has 4 heterocycles. The standard InChI is InChI=1S/C23H29N5O2.CH4O3S/c1-26-18(16-8-9-19(29-2)20(14-16)30-3)15-17-21(26)24-23(28-12-6-7-13-28)25-22(17)27-10-4-5-11-27;1-5(2,3)4/h8-9,14-15H,4-7,10-13H2,1-3H3;1H3,(H,2,3,4). The number of nitrogens with zero attached hydrogens (tertiary/aromatic N) is 5. The fourth-order valence-electron chi connectivity index (χ4n) is 4.67. The highest BCUT2D eigenvalue weighted by atomic mass is 32.2. The first-order chi connectivity index (χ1) is 16.7. The fraction of sp³-hybridized carbons (Fsp3) is 0.500. The van der Waals surface area contributed by atoms with Crippen LogP contribution >= 0.6 is 0 Å². The second-order valence-electron chi connectivity index (χ2n) is 8.86. The number of aryl methyl sites for hydroxylation is 1. The summed E-state index contributed by atoms with van der Waals surface area (Å²) in [7, 11) is 1.75. The van der Waals surface area contributed by atoms with Gasteiger partial charge in [0.05, 0.1) is 31.6 Å². The molecular formula is C24H33N5O5S. The predicted molar refractivity (Wildman–Crippen MR) is 137 cm³/mol. The van der Waals surface area contributed by atoms with E-state index in [1.165, 1.54) is 25.7 Å². The predicted octanol–water partition coefficient (Wildman–Crippen LogP) is 3.36. The Hall–Kier alpha value is -3.05. The molecule has 0 amide bonds. The first-order valence-corrected chi connectivity index (χ1v) is 13.6. The van der Waals surface area contributed by atoms with Crippen molar-refractivity contribution in [2.24, 2.45) is 7.05 Å². The van der Waals surface area contributed by atoms with E-state index in [1.807, 2.05) is 12.1 Å². The Morgan fingerprint density at radius 3 is 2.03 bits per heavy atom. The van der Waals surface area contributed by atoms with Gasteiger partial charge in [-0.05, 0) is 49.9 Å². The van der Waals surface area contributed by atoms with Crippen LogP contribution in [0.4, 0.5) is 11.8 Å². The largest absolute Gasteiger partial charge is 0.493 e. The summed E-state index contributed by atoms with van der Waals surface area (Å²) in [5, 5.41) is 1.12. The Morgan fingerprint density at radius 2 is 1.46 bits per heavy atom. The normalized spacial score (nSPS) is 15.9. The molecule has 0 atom stereocenters. The fourth-order valence-corrected chi connectivity index (χ4v) is 4.67. The zero-order valence-electron chi connectivity index (χ0n) is 20.7. The Balaban J connectivity index is 0.000000527. The first-order valence-electron chi connectivity index (χ1n) is 11.7. The summed E-state index contributed by atoms with van der Waals surface area (Å²) < 4.78 is 39.0. The molecule has 35 heavy (non-hydrogen) atoms. The monoisotopic (exact) mass is 503 g/mol. The van der Waals surface area contributed by atoms with Crippen LogP contribution in [0.25, 0.3) is 22.3 Å². The van der Waals surface area contributed by atoms with Crippen LogP contribution in [0.2, 0.25) is 0 Å². The van der Waals surface area contributed by atoms with Gasteiger partial charge in [0.1, 0.15) is 11.5 Å². The van der Waals surface area contributed by atoms with Crippen molar-refractivity contribution in [3.63, 3.8) is 0 Å². The van der Waals surface area contributed by atoms with Gasteiger partial charge in [-0.15, -0.1) is 0 Å². The molecule has 2 fully saturated rings. The number of hydrogen-bond acceptors (Lipinski definition) is 8. The van der Waals surface area contributed by atoms with Crippen molar-refractivity contribution in [2.75, 3.05) is 56.5 Å². The highest BCUT2D eigenvalue weighted by molar-refractivity contribution is 7.85. The molecule has 0 aliphatic carbocycles. The molecule has 3 aromatic rings. The zero-order valence-corrected chi connectivity index (χ0v) is 21.5. The van der Waals surface area contributed by atoms with Crippen LogP contribution in [0.15, 0.2) is 24.3 Å². The van der Waals surface area contributed by atoms with Gasteiger partial charge >= 0.3 is 0 Å². The Labute approximate surface area is 206 Å². The molecule has 1 aromatic carbocycles. The second kappa shape index (κ2) is 10.3. The highest BCUT2D eigenvalue weighted by Crippen LogP contribution is 2.37. The van der Waals surface area contributed by atoms with Gasteiger partial charge in [-0.2, -0.15) is 18.4 Å². The number of hydrogen-bond donors (Lipinski definition) is 1. The molecule has 190 valence electrons. The molecule has 2 aliphatic rings. The average Bonchev–Trinajstić information content (AvgIpc) is 3.59. The van der Waals surface area contributed by atoms with Crippen molar-refractivity contribution in [1.29, 1.82) is 0 Å². The lowest BCUT2D eigenvalue weighted by Gasteiger charge is -2.21. The van der Waals surface area contributed by atoms with Crippen molar-refractivity contribution in [2.45, 2.75) is 25.7 Å². The molecule has 10 nitrogen and oxygen atoms in total. The van der Waals surface area contributed by atoms with Crippen LogP contribution in [0.1, 0.15) is 25.7 Å². The number of anilines is 2. The van der Waals surface area contributed by atoms with Crippen LogP contribution in [-0.2, 0) is 17.2 Å². The number of fused-ring (bicyclic) bond motifs is 1. The number of methoxy groups -OCH3 is 2. The van der Waals surface area contributed by atoms with Crippen LogP contribution < -0.4 is 19.3 Å². The summed E-state index contributed by atoms with van der Waals surface area (Å²) in [6, 6.07) is 8.27. The molecule has 0 bridgehead atoms. The molecule has 0 saturated carbocycles. The zero-order chi connectivity index (χ0) is 25.2. The first kappa shape index (κ1) is 25.1. The minimum atomic E-state index is -3.67. The summed E-state index contributed by atoms with van der Waals surface area (Å²) in [4.78, 5) is 14.8. The molecule has 2 saturated heterocycles. The van der Waals surface area contributed by atoms with Crippen LogP contribution in [0.5, 0.6) is 11.5 Å². The molecular weight excluding hydrogens is 470 g/mol. The SMILES string of the molecule is COc1ccc(-c2cc3c(N4CCCC4)nc(N4CCCC4)nc3n2C)cc1OC.CS(=O)(=O)O. The van der Waals surface area contributed by atoms with Gasteiger partial charge in [0.15, 0.2) is 11.5 Å². The van der Waals surface area contributed by atoms with E-state index in [9.17, 15) is 8.42 Å². The maximum Gasteiger partial charge on any atom is 0.261 e. The molecule has 0 unspecified atom stereocenters. The molecule has 11 heteroatoms. The Kier molecular flexibility index (Phi) is 7.36. The van der Waals surface area contributed by atoms with Gasteiger partial charge in [0.25, 0.3) is 10.1 Å². The van der Waals surface area contributed by atoms with Crippen molar-refractivity contribution in [3.8, 4) is 22.8 Å². The summed E-state index contributed by atoms with van der Waals surface area (Å²) in [6.45, 7) is 4.20. The topological polar surface area (TPSA) is 110 Å². The number of benzene rings is 1. The maximum atomic E-state index is 9.19. The third-order valence-electron chi connectivity index (χ3n) is 6.33. The highest BCUT2D eigenvalue weighted by Gasteiger charge is 2.24. The van der Waals surface area contributed by atoms with E-state index < -0.39 is 10.1 Å². The van der Waals surface area contributed by atoms with Crippen molar-refractivity contribution in [3.05, 3.63) is 24.3 Å². The van der Waals surface area contributed by atoms with E-state index in [2.05, 4.69) is 33.5 Å². The van der Waals surface area contributed by atoms with E-state index in [0.717, 1.165) is 71.7 Å². The van der Waals surface area contributed by atoms with Gasteiger partial charge in [0.2, 0.25) is 5.95 Å². The van der Waals surface area contributed by atoms with Gasteiger partial charge in [-0.3, -0.25) is 4.55 Å². The molecule has 5 rings (SSSR count). The van der Waals surface area contributed by atoms with Crippen molar-refractivity contribution in [1.82, 2.24) is 14.5 Å². The van der Waals surface area contributed by atoms with E-state index in [-0.39, 0.29) is 0 Å². The summed E-state index contributed by atoms with van der Waals surface area (Å²) in [5.41, 5.74) is 3.15. The van der Waals surface area contributed by atoms with Crippen molar-refractivity contribution >= 4 is 32.9 Å². The van der Waals surface area contributed by atoms with Crippen LogP contribution in [0, 0.1) is 0 Å². The van der Waals surface area contributed by atoms with E-state index in [4.69, 9.17) is 24.0 Å². The number of ether oxygens (including phenoxy) is 2. The molecule has 2 aromatic heterocycles. The van der Waals surface area contributed by atoms with Gasteiger partial charge in [0, 0.05) is 38.8 Å². The Bertz CT molecular complexity index is 1290. The lowest BCUT2D eigenvalue weighted by Crippen LogP contribution is -2.24. The average molecular weight is 504 g/mol. The third kappa shape index (κ3) is 5.62. The summed E-state index contributed by atoms with van der Waals surface area (Å²) in [6.07, 6.45) is 5.59. The Morgan fingerprint density at radius 1 is 0.886 bits per heavy atom. The minimum absolute atomic E-state index is 0.715. The lowest BCUT2D eigenvalue weighted by atomic mass is 10.1. The van der Waals surface area contributed by atoms with E-state index in [0.29, 0.717) is 6.26 Å². The second-order valence-corrected chi connectivity index (χ2v) is 10.3. The maximum absolute atomic E-state index is 9.19. The van der Waals surface area contributed by atoms with Crippen LogP contribution in [-0.4, -0.2) is 74.2 Å². The molecule has 0 radical (unpaired) electrons. The summed E-state index contributed by atoms with van der Waals surface area (Å²) in [5.74, 6) is 3.39. The van der Waals surface area contributed by atoms with E-state index >= 15 is 0 Å². The van der Waals surface area contributed by atoms with Crippen LogP contribution in [0.3, 0.4) is 0 Å². The van der Waals surface area contributed by atoms with Gasteiger partial charge in [-0.25, -0.2) is 0 Å². The molecule has 2 aliphatic heterocycles. The van der Waals surface area contributed by atoms with E-state index in [1.54, 1.807) is 14.2 Å². The molecule has 0 spiro atoms.